The number of benzene rings is 2. The molecule has 2 aromatic carbocycles. The van der Waals surface area contributed by atoms with Gasteiger partial charge in [0.05, 0.1) is 11.3 Å². The molecule has 0 unspecified atom stereocenters. The van der Waals surface area contributed by atoms with Crippen molar-refractivity contribution in [1.29, 1.82) is 0 Å². The van der Waals surface area contributed by atoms with Crippen molar-refractivity contribution in [2.24, 2.45) is 0 Å². The molecule has 0 aliphatic carbocycles. The van der Waals surface area contributed by atoms with Crippen molar-refractivity contribution in [2.45, 2.75) is 0 Å². The van der Waals surface area contributed by atoms with Crippen LogP contribution in [-0.4, -0.2) is 54.5 Å². The van der Waals surface area contributed by atoms with Crippen molar-refractivity contribution in [3.63, 3.8) is 0 Å². The van der Waals surface area contributed by atoms with E-state index in [0.717, 1.165) is 0 Å². The number of hydrogen-bond acceptors (Lipinski definition) is 6. The van der Waals surface area contributed by atoms with Gasteiger partial charge in [-0.3, -0.25) is 4.79 Å². The third-order valence-electron chi connectivity index (χ3n) is 4.72. The van der Waals surface area contributed by atoms with Crippen LogP contribution in [0.25, 0.3) is 11.1 Å². The molecule has 1 aliphatic heterocycles. The van der Waals surface area contributed by atoms with Crippen molar-refractivity contribution >= 4 is 28.7 Å². The van der Waals surface area contributed by atoms with Crippen LogP contribution >= 0.6 is 0 Å². The Balaban J connectivity index is 1.30. The molecule has 0 bridgehead atoms. The largest absolute Gasteiger partial charge is 0.452 e. The van der Waals surface area contributed by atoms with E-state index in [9.17, 15) is 14.0 Å². The Morgan fingerprint density at radius 3 is 2.68 bits per heavy atom. The average molecular weight is 383 g/mol. The minimum absolute atomic E-state index is 0.274. The Morgan fingerprint density at radius 2 is 1.89 bits per heavy atom. The summed E-state index contributed by atoms with van der Waals surface area (Å²) in [5.41, 5.74) is 1.95. The average Bonchev–Trinajstić information content (AvgIpc) is 3.20. The number of fused-ring (bicyclic) bond motifs is 1. The molecule has 3 aromatic rings. The fraction of sp³-hybridized carbons (Fsp3) is 0.250. The van der Waals surface area contributed by atoms with Gasteiger partial charge in [0, 0.05) is 26.2 Å². The van der Waals surface area contributed by atoms with E-state index in [1.165, 1.54) is 12.5 Å². The molecule has 8 heteroatoms. The first-order valence-corrected chi connectivity index (χ1v) is 8.89. The summed E-state index contributed by atoms with van der Waals surface area (Å²) in [6.45, 7) is 1.58. The number of carbonyl (C=O) groups is 2. The number of hydrogen-bond donors (Lipinski definition) is 0. The molecule has 0 saturated carbocycles. The third kappa shape index (κ3) is 3.66. The molecule has 0 spiro atoms. The number of nitrogens with zero attached hydrogens (tertiary/aromatic N) is 3. The summed E-state index contributed by atoms with van der Waals surface area (Å²) in [7, 11) is 0. The lowest BCUT2D eigenvalue weighted by Gasteiger charge is -2.36. The van der Waals surface area contributed by atoms with E-state index in [4.69, 9.17) is 9.15 Å². The minimum Gasteiger partial charge on any atom is -0.452 e. The number of para-hydroxylation sites is 1. The number of halogens is 1. The number of piperazine rings is 1. The van der Waals surface area contributed by atoms with Crippen LogP contribution in [0.15, 0.2) is 53.3 Å². The van der Waals surface area contributed by atoms with Gasteiger partial charge in [0.25, 0.3) is 5.91 Å². The topological polar surface area (TPSA) is 75.9 Å². The maximum atomic E-state index is 13.9. The van der Waals surface area contributed by atoms with Gasteiger partial charge in [-0.15, -0.1) is 0 Å². The Bertz CT molecular complexity index is 1010. The Kier molecular flexibility index (Phi) is 4.92. The highest BCUT2D eigenvalue weighted by Gasteiger charge is 2.23. The molecule has 0 N–H and O–H groups in total. The number of ether oxygens (including phenoxy) is 1. The van der Waals surface area contributed by atoms with E-state index in [2.05, 4.69) is 4.98 Å². The minimum atomic E-state index is -0.594. The van der Waals surface area contributed by atoms with E-state index in [0.29, 0.717) is 48.5 Å². The van der Waals surface area contributed by atoms with Crippen LogP contribution in [0.2, 0.25) is 0 Å². The van der Waals surface area contributed by atoms with Crippen LogP contribution in [0.5, 0.6) is 0 Å². The molecule has 2 heterocycles. The quantitative estimate of drug-likeness (QED) is 0.645. The van der Waals surface area contributed by atoms with Gasteiger partial charge in [-0.1, -0.05) is 12.1 Å². The molecule has 144 valence electrons. The summed E-state index contributed by atoms with van der Waals surface area (Å²) in [6.07, 6.45) is 1.30. The van der Waals surface area contributed by atoms with Gasteiger partial charge in [-0.05, 0) is 30.3 Å². The van der Waals surface area contributed by atoms with Crippen molar-refractivity contribution in [1.82, 2.24) is 9.88 Å². The van der Waals surface area contributed by atoms with E-state index in [-0.39, 0.29) is 18.3 Å². The lowest BCUT2D eigenvalue weighted by molar-refractivity contribution is -0.134. The zero-order valence-electron chi connectivity index (χ0n) is 15.0. The van der Waals surface area contributed by atoms with E-state index in [1.54, 1.807) is 41.3 Å². The second-order valence-electron chi connectivity index (χ2n) is 6.43. The number of anilines is 1. The number of oxazole rings is 1. The predicted molar refractivity (Wildman–Crippen MR) is 99.5 cm³/mol. The summed E-state index contributed by atoms with van der Waals surface area (Å²) in [5, 5.41) is 0. The number of rotatable bonds is 4. The number of esters is 1. The SMILES string of the molecule is O=C(OCC(=O)N1CCN(c2ccccc2F)CC1)c1ccc2ocnc2c1. The fourth-order valence-electron chi connectivity index (χ4n) is 3.19. The van der Waals surface area contributed by atoms with Gasteiger partial charge in [-0.2, -0.15) is 0 Å². The van der Waals surface area contributed by atoms with E-state index >= 15 is 0 Å². The van der Waals surface area contributed by atoms with Crippen molar-refractivity contribution in [3.05, 3.63) is 60.2 Å². The second kappa shape index (κ2) is 7.67. The molecule has 7 nitrogen and oxygen atoms in total. The molecular weight excluding hydrogens is 365 g/mol. The smallest absolute Gasteiger partial charge is 0.338 e. The van der Waals surface area contributed by atoms with Crippen molar-refractivity contribution < 1.29 is 23.1 Å². The molecule has 1 fully saturated rings. The van der Waals surface area contributed by atoms with Crippen LogP contribution in [0.3, 0.4) is 0 Å². The summed E-state index contributed by atoms with van der Waals surface area (Å²) < 4.78 is 24.2. The number of amides is 1. The monoisotopic (exact) mass is 383 g/mol. The molecular formula is C20H18FN3O4. The highest BCUT2D eigenvalue weighted by Crippen LogP contribution is 2.20. The first kappa shape index (κ1) is 18.0. The van der Waals surface area contributed by atoms with Crippen molar-refractivity contribution in [2.75, 3.05) is 37.7 Å². The maximum Gasteiger partial charge on any atom is 0.338 e. The van der Waals surface area contributed by atoms with Crippen LogP contribution in [0.1, 0.15) is 10.4 Å². The predicted octanol–water partition coefficient (Wildman–Crippen LogP) is 2.47. The molecule has 1 amide bonds. The lowest BCUT2D eigenvalue weighted by Crippen LogP contribution is -2.50. The summed E-state index contributed by atoms with van der Waals surface area (Å²) >= 11 is 0. The normalized spacial score (nSPS) is 14.3. The molecule has 4 rings (SSSR count). The van der Waals surface area contributed by atoms with Crippen LogP contribution in [-0.2, 0) is 9.53 Å². The van der Waals surface area contributed by atoms with Gasteiger partial charge in [-0.25, -0.2) is 14.2 Å². The summed E-state index contributed by atoms with van der Waals surface area (Å²) in [4.78, 5) is 32.0. The molecule has 1 saturated heterocycles. The first-order valence-electron chi connectivity index (χ1n) is 8.89. The van der Waals surface area contributed by atoms with Gasteiger partial charge < -0.3 is 19.0 Å². The van der Waals surface area contributed by atoms with E-state index < -0.39 is 5.97 Å². The van der Waals surface area contributed by atoms with Crippen LogP contribution in [0, 0.1) is 5.82 Å². The Labute approximate surface area is 160 Å². The zero-order valence-corrected chi connectivity index (χ0v) is 15.0. The molecule has 0 radical (unpaired) electrons. The van der Waals surface area contributed by atoms with Gasteiger partial charge in [0.2, 0.25) is 0 Å². The fourth-order valence-corrected chi connectivity index (χ4v) is 3.19. The first-order chi connectivity index (χ1) is 13.6. The molecule has 0 atom stereocenters. The van der Waals surface area contributed by atoms with E-state index in [1.807, 2.05) is 4.90 Å². The molecule has 1 aromatic heterocycles. The van der Waals surface area contributed by atoms with Gasteiger partial charge in [0.15, 0.2) is 18.6 Å². The number of carbonyl (C=O) groups excluding carboxylic acids is 2. The van der Waals surface area contributed by atoms with Crippen LogP contribution in [0.4, 0.5) is 10.1 Å². The standard InChI is InChI=1S/C20H18FN3O4/c21-15-3-1-2-4-17(15)23-7-9-24(10-8-23)19(25)12-27-20(26)14-5-6-18-16(11-14)22-13-28-18/h1-6,11,13H,7-10,12H2. The summed E-state index contributed by atoms with van der Waals surface area (Å²) in [6, 6.07) is 11.3. The van der Waals surface area contributed by atoms with Crippen molar-refractivity contribution in [3.8, 4) is 0 Å². The van der Waals surface area contributed by atoms with Crippen LogP contribution < -0.4 is 4.90 Å². The maximum absolute atomic E-state index is 13.9. The summed E-state index contributed by atoms with van der Waals surface area (Å²) in [5.74, 6) is -1.15. The van der Waals surface area contributed by atoms with Gasteiger partial charge >= 0.3 is 5.97 Å². The third-order valence-corrected chi connectivity index (χ3v) is 4.72. The lowest BCUT2D eigenvalue weighted by atomic mass is 10.2. The second-order valence-corrected chi connectivity index (χ2v) is 6.43. The van der Waals surface area contributed by atoms with Gasteiger partial charge in [0.1, 0.15) is 11.3 Å². The Hall–Kier alpha value is -3.42. The highest BCUT2D eigenvalue weighted by molar-refractivity contribution is 5.94. The molecule has 28 heavy (non-hydrogen) atoms. The number of aromatic nitrogens is 1. The highest BCUT2D eigenvalue weighted by atomic mass is 19.1. The Morgan fingerprint density at radius 1 is 1.11 bits per heavy atom. The molecule has 1 aliphatic rings. The zero-order chi connectivity index (χ0) is 19.5.